The van der Waals surface area contributed by atoms with Crippen LogP contribution in [0, 0.1) is 10.1 Å². The molecule has 6 nitrogen and oxygen atoms in total. The van der Waals surface area contributed by atoms with Gasteiger partial charge < -0.3 is 10.4 Å². The third-order valence-corrected chi connectivity index (χ3v) is 2.53. The van der Waals surface area contributed by atoms with Gasteiger partial charge in [0.05, 0.1) is 4.92 Å². The van der Waals surface area contributed by atoms with Crippen LogP contribution in [0.3, 0.4) is 0 Å². The Morgan fingerprint density at radius 1 is 1.56 bits per heavy atom. The van der Waals surface area contributed by atoms with E-state index < -0.39 is 16.4 Å². The molecule has 0 heterocycles. The minimum atomic E-state index is -0.698. The minimum Gasteiger partial charge on any atom is -0.502 e. The summed E-state index contributed by atoms with van der Waals surface area (Å²) in [5.41, 5.74) is -0.200. The molecule has 6 heteroatoms. The number of nitro groups is 1. The zero-order chi connectivity index (χ0) is 13.7. The van der Waals surface area contributed by atoms with Gasteiger partial charge in [0.1, 0.15) is 0 Å². The molecule has 0 bridgehead atoms. The van der Waals surface area contributed by atoms with Gasteiger partial charge in [-0.3, -0.25) is 14.9 Å². The first kappa shape index (κ1) is 14.0. The fraction of sp³-hybridized carbons (Fsp3) is 0.417. The summed E-state index contributed by atoms with van der Waals surface area (Å²) >= 11 is 0. The Morgan fingerprint density at radius 2 is 2.22 bits per heavy atom. The first-order valence-corrected chi connectivity index (χ1v) is 5.74. The van der Waals surface area contributed by atoms with E-state index in [9.17, 15) is 20.0 Å². The van der Waals surface area contributed by atoms with Crippen LogP contribution in [0.15, 0.2) is 18.2 Å². The highest BCUT2D eigenvalue weighted by Gasteiger charge is 2.16. The summed E-state index contributed by atoms with van der Waals surface area (Å²) in [6.45, 7) is 3.90. The predicted octanol–water partition coefficient (Wildman–Crippen LogP) is 2.22. The predicted molar refractivity (Wildman–Crippen MR) is 66.6 cm³/mol. The second-order valence-corrected chi connectivity index (χ2v) is 4.12. The fourth-order valence-corrected chi connectivity index (χ4v) is 1.63. The molecule has 0 fully saturated rings. The average Bonchev–Trinajstić information content (AvgIpc) is 2.28. The number of nitrogens with zero attached hydrogens (tertiary/aromatic N) is 1. The maximum absolute atomic E-state index is 11.8. The highest BCUT2D eigenvalue weighted by Crippen LogP contribution is 2.26. The van der Waals surface area contributed by atoms with Crippen LogP contribution < -0.4 is 5.32 Å². The van der Waals surface area contributed by atoms with Crippen molar-refractivity contribution in [1.29, 1.82) is 0 Å². The number of phenols is 1. The number of nitrogens with one attached hydrogen (secondary N) is 1. The van der Waals surface area contributed by atoms with Crippen molar-refractivity contribution < 1.29 is 14.8 Å². The van der Waals surface area contributed by atoms with Gasteiger partial charge in [-0.2, -0.15) is 0 Å². The van der Waals surface area contributed by atoms with E-state index >= 15 is 0 Å². The molecule has 0 radical (unpaired) electrons. The monoisotopic (exact) mass is 252 g/mol. The van der Waals surface area contributed by atoms with E-state index in [1.807, 2.05) is 13.8 Å². The summed E-state index contributed by atoms with van der Waals surface area (Å²) in [7, 11) is 0. The van der Waals surface area contributed by atoms with E-state index in [4.69, 9.17) is 0 Å². The first-order chi connectivity index (χ1) is 8.45. The third kappa shape index (κ3) is 3.44. The molecule has 0 aromatic heterocycles. The Hall–Kier alpha value is -2.11. The molecule has 1 atom stereocenters. The Morgan fingerprint density at radius 3 is 2.72 bits per heavy atom. The summed E-state index contributed by atoms with van der Waals surface area (Å²) < 4.78 is 0. The minimum absolute atomic E-state index is 0.0276. The summed E-state index contributed by atoms with van der Waals surface area (Å²) in [6, 6.07) is 3.58. The van der Waals surface area contributed by atoms with Crippen molar-refractivity contribution in [3.8, 4) is 5.75 Å². The smallest absolute Gasteiger partial charge is 0.310 e. The van der Waals surface area contributed by atoms with E-state index in [1.165, 1.54) is 6.07 Å². The number of rotatable bonds is 5. The SMILES string of the molecule is CCCC(C)NC(=O)c1ccc([N+](=O)[O-])c(O)c1. The van der Waals surface area contributed by atoms with Gasteiger partial charge in [-0.05, 0) is 25.5 Å². The van der Waals surface area contributed by atoms with Gasteiger partial charge in [0.15, 0.2) is 5.75 Å². The van der Waals surface area contributed by atoms with Gasteiger partial charge >= 0.3 is 5.69 Å². The van der Waals surface area contributed by atoms with Gasteiger partial charge in [-0.25, -0.2) is 0 Å². The normalized spacial score (nSPS) is 11.9. The molecule has 0 aliphatic heterocycles. The number of amides is 1. The van der Waals surface area contributed by atoms with Crippen molar-refractivity contribution in [2.24, 2.45) is 0 Å². The lowest BCUT2D eigenvalue weighted by molar-refractivity contribution is -0.385. The van der Waals surface area contributed by atoms with Gasteiger partial charge in [-0.15, -0.1) is 0 Å². The molecule has 0 aliphatic rings. The van der Waals surface area contributed by atoms with Crippen molar-refractivity contribution >= 4 is 11.6 Å². The van der Waals surface area contributed by atoms with Crippen LogP contribution in [-0.4, -0.2) is 22.0 Å². The summed E-state index contributed by atoms with van der Waals surface area (Å²) in [5, 5.41) is 22.7. The lowest BCUT2D eigenvalue weighted by Crippen LogP contribution is -2.32. The number of nitro benzene ring substituents is 1. The Kier molecular flexibility index (Phi) is 4.65. The van der Waals surface area contributed by atoms with E-state index in [0.717, 1.165) is 25.0 Å². The zero-order valence-electron chi connectivity index (χ0n) is 10.3. The number of benzene rings is 1. The van der Waals surface area contributed by atoms with Crippen molar-refractivity contribution in [3.05, 3.63) is 33.9 Å². The van der Waals surface area contributed by atoms with E-state index in [2.05, 4.69) is 5.32 Å². The van der Waals surface area contributed by atoms with E-state index in [0.29, 0.717) is 0 Å². The topological polar surface area (TPSA) is 92.5 Å². The molecule has 1 aromatic rings. The summed E-state index contributed by atoms with van der Waals surface area (Å²) in [5.74, 6) is -0.850. The zero-order valence-corrected chi connectivity index (χ0v) is 10.3. The quantitative estimate of drug-likeness (QED) is 0.620. The Labute approximate surface area is 105 Å². The lowest BCUT2D eigenvalue weighted by Gasteiger charge is -2.12. The molecule has 1 unspecified atom stereocenters. The molecule has 0 aliphatic carbocycles. The molecule has 1 amide bonds. The second kappa shape index (κ2) is 6.00. The number of aromatic hydroxyl groups is 1. The van der Waals surface area contributed by atoms with E-state index in [1.54, 1.807) is 0 Å². The van der Waals surface area contributed by atoms with Crippen LogP contribution in [0.25, 0.3) is 0 Å². The molecular weight excluding hydrogens is 236 g/mol. The maximum atomic E-state index is 11.8. The third-order valence-electron chi connectivity index (χ3n) is 2.53. The van der Waals surface area contributed by atoms with E-state index in [-0.39, 0.29) is 17.5 Å². The van der Waals surface area contributed by atoms with Crippen molar-refractivity contribution in [1.82, 2.24) is 5.32 Å². The van der Waals surface area contributed by atoms with Crippen LogP contribution in [-0.2, 0) is 0 Å². The van der Waals surface area contributed by atoms with Crippen molar-refractivity contribution in [2.45, 2.75) is 32.7 Å². The van der Waals surface area contributed by atoms with Crippen molar-refractivity contribution in [3.63, 3.8) is 0 Å². The molecule has 1 aromatic carbocycles. The van der Waals surface area contributed by atoms with Gasteiger partial charge in [0.2, 0.25) is 0 Å². The van der Waals surface area contributed by atoms with Gasteiger partial charge in [0, 0.05) is 17.7 Å². The summed E-state index contributed by atoms with van der Waals surface area (Å²) in [4.78, 5) is 21.6. The Bertz CT molecular complexity index is 459. The van der Waals surface area contributed by atoms with Crippen LogP contribution in [0.5, 0.6) is 5.75 Å². The Balaban J connectivity index is 2.81. The highest BCUT2D eigenvalue weighted by atomic mass is 16.6. The van der Waals surface area contributed by atoms with Crippen LogP contribution in [0.1, 0.15) is 37.0 Å². The molecule has 98 valence electrons. The van der Waals surface area contributed by atoms with Crippen LogP contribution in [0.2, 0.25) is 0 Å². The number of hydrogen-bond acceptors (Lipinski definition) is 4. The van der Waals surface area contributed by atoms with Crippen LogP contribution in [0.4, 0.5) is 5.69 Å². The number of hydrogen-bond donors (Lipinski definition) is 2. The lowest BCUT2D eigenvalue weighted by atomic mass is 10.1. The standard InChI is InChI=1S/C12H16N2O4/c1-3-4-8(2)13-12(16)9-5-6-10(14(17)18)11(15)7-9/h5-8,15H,3-4H2,1-2H3,(H,13,16). The van der Waals surface area contributed by atoms with Gasteiger partial charge in [0.25, 0.3) is 5.91 Å². The van der Waals surface area contributed by atoms with Gasteiger partial charge in [-0.1, -0.05) is 13.3 Å². The van der Waals surface area contributed by atoms with Crippen molar-refractivity contribution in [2.75, 3.05) is 0 Å². The largest absolute Gasteiger partial charge is 0.502 e. The fourth-order valence-electron chi connectivity index (χ4n) is 1.63. The molecule has 0 spiro atoms. The average molecular weight is 252 g/mol. The van der Waals surface area contributed by atoms with Crippen LogP contribution >= 0.6 is 0 Å². The molecule has 2 N–H and O–H groups in total. The first-order valence-electron chi connectivity index (χ1n) is 5.74. The maximum Gasteiger partial charge on any atom is 0.310 e. The number of carbonyl (C=O) groups excluding carboxylic acids is 1. The molecule has 18 heavy (non-hydrogen) atoms. The highest BCUT2D eigenvalue weighted by molar-refractivity contribution is 5.95. The number of carbonyl (C=O) groups is 1. The molecule has 1 rings (SSSR count). The molecule has 0 saturated heterocycles. The molecule has 0 saturated carbocycles. The summed E-state index contributed by atoms with van der Waals surface area (Å²) in [6.07, 6.45) is 1.80. The number of phenolic OH excluding ortho intramolecular Hbond substituents is 1. The second-order valence-electron chi connectivity index (χ2n) is 4.12. The molecular formula is C12H16N2O4.